The Balaban J connectivity index is 1.97. The number of benzene rings is 2. The smallest absolute Gasteiger partial charge is 0.328 e. The summed E-state index contributed by atoms with van der Waals surface area (Å²) in [5.41, 5.74) is 1.34. The van der Waals surface area contributed by atoms with E-state index in [1.165, 1.54) is 7.11 Å². The fourth-order valence-corrected chi connectivity index (χ4v) is 2.71. The van der Waals surface area contributed by atoms with Crippen molar-refractivity contribution in [2.45, 2.75) is 38.3 Å². The van der Waals surface area contributed by atoms with Crippen molar-refractivity contribution in [3.05, 3.63) is 71.8 Å². The van der Waals surface area contributed by atoms with Crippen LogP contribution in [0, 0.1) is 0 Å². The Kier molecular flexibility index (Phi) is 9.24. The molecule has 0 aliphatic carbocycles. The molecule has 0 heterocycles. The Hall–Kier alpha value is -3.48. The van der Waals surface area contributed by atoms with Crippen LogP contribution in [-0.2, 0) is 30.5 Å². The summed E-state index contributed by atoms with van der Waals surface area (Å²) in [5.74, 6) is -1.78. The molecule has 2 aromatic rings. The lowest BCUT2D eigenvalue weighted by Crippen LogP contribution is -2.42. The Bertz CT molecular complexity index is 851. The number of hydrogen-bond acceptors (Lipinski definition) is 6. The van der Waals surface area contributed by atoms with Gasteiger partial charge in [-0.15, -0.1) is 0 Å². The van der Waals surface area contributed by atoms with Crippen molar-refractivity contribution in [3.8, 4) is 0 Å². The summed E-state index contributed by atoms with van der Waals surface area (Å²) in [7, 11) is 1.24. The number of amides is 1. The number of nitrogens with one attached hydrogen (secondary N) is 1. The zero-order valence-corrected chi connectivity index (χ0v) is 16.8. The van der Waals surface area contributed by atoms with Crippen molar-refractivity contribution in [1.29, 1.82) is 0 Å². The summed E-state index contributed by atoms with van der Waals surface area (Å²) < 4.78 is 9.83. The number of esters is 2. The topological polar surface area (TPSA) is 98.8 Å². The predicted octanol–water partition coefficient (Wildman–Crippen LogP) is 2.83. The van der Waals surface area contributed by atoms with Crippen molar-refractivity contribution in [2.24, 2.45) is 0 Å². The standard InChI is InChI=1S/C23H25NO6/c1-29-22(27)15-14-21(26)24-19(12-13-20(25)18-10-6-3-7-11-18)23(28)30-16-17-8-4-2-5-9-17/h2-11,19H,12-16H2,1H3,(H,24,26)/t19-/m0/s1. The molecule has 0 aromatic heterocycles. The SMILES string of the molecule is COC(=O)CCC(=O)N[C@@H](CCC(=O)c1ccccc1)C(=O)OCc1ccccc1. The summed E-state index contributed by atoms with van der Waals surface area (Å²) >= 11 is 0. The van der Waals surface area contributed by atoms with E-state index in [4.69, 9.17) is 4.74 Å². The van der Waals surface area contributed by atoms with Gasteiger partial charge >= 0.3 is 11.9 Å². The van der Waals surface area contributed by atoms with Gasteiger partial charge in [-0.2, -0.15) is 0 Å². The van der Waals surface area contributed by atoms with Crippen LogP contribution in [0.2, 0.25) is 0 Å². The number of ketones is 1. The van der Waals surface area contributed by atoms with Crippen LogP contribution in [0.3, 0.4) is 0 Å². The number of ether oxygens (including phenoxy) is 2. The van der Waals surface area contributed by atoms with E-state index >= 15 is 0 Å². The minimum Gasteiger partial charge on any atom is -0.469 e. The number of Topliss-reactive ketones (excluding diaryl/α,β-unsaturated/α-hetero) is 1. The zero-order valence-electron chi connectivity index (χ0n) is 16.8. The van der Waals surface area contributed by atoms with Crippen LogP contribution >= 0.6 is 0 Å². The van der Waals surface area contributed by atoms with Crippen molar-refractivity contribution in [1.82, 2.24) is 5.32 Å². The summed E-state index contributed by atoms with van der Waals surface area (Å²) in [4.78, 5) is 48.3. The average molecular weight is 411 g/mol. The van der Waals surface area contributed by atoms with Gasteiger partial charge in [0.1, 0.15) is 12.6 Å². The third-order valence-electron chi connectivity index (χ3n) is 4.38. The second-order valence-electron chi connectivity index (χ2n) is 6.62. The molecule has 2 rings (SSSR count). The van der Waals surface area contributed by atoms with Crippen molar-refractivity contribution in [2.75, 3.05) is 7.11 Å². The highest BCUT2D eigenvalue weighted by Gasteiger charge is 2.24. The zero-order chi connectivity index (χ0) is 21.8. The van der Waals surface area contributed by atoms with Crippen LogP contribution in [0.5, 0.6) is 0 Å². The van der Waals surface area contributed by atoms with Gasteiger partial charge in [-0.1, -0.05) is 60.7 Å². The molecule has 30 heavy (non-hydrogen) atoms. The van der Waals surface area contributed by atoms with E-state index in [1.807, 2.05) is 36.4 Å². The molecule has 0 saturated heterocycles. The van der Waals surface area contributed by atoms with Gasteiger partial charge in [0.2, 0.25) is 5.91 Å². The fraction of sp³-hybridized carbons (Fsp3) is 0.304. The molecule has 0 fully saturated rings. The molecule has 7 nitrogen and oxygen atoms in total. The van der Waals surface area contributed by atoms with Gasteiger partial charge in [-0.25, -0.2) is 4.79 Å². The van der Waals surface area contributed by atoms with E-state index in [2.05, 4.69) is 10.1 Å². The number of hydrogen-bond donors (Lipinski definition) is 1. The minimum atomic E-state index is -0.994. The normalized spacial score (nSPS) is 11.2. The molecule has 7 heteroatoms. The monoisotopic (exact) mass is 411 g/mol. The van der Waals surface area contributed by atoms with Gasteiger partial charge in [-0.3, -0.25) is 14.4 Å². The molecule has 0 unspecified atom stereocenters. The molecule has 158 valence electrons. The van der Waals surface area contributed by atoms with Crippen molar-refractivity contribution in [3.63, 3.8) is 0 Å². The average Bonchev–Trinajstić information content (AvgIpc) is 2.79. The first-order valence-electron chi connectivity index (χ1n) is 9.64. The van der Waals surface area contributed by atoms with E-state index in [-0.39, 0.29) is 38.1 Å². The molecule has 1 N–H and O–H groups in total. The van der Waals surface area contributed by atoms with E-state index in [0.29, 0.717) is 5.56 Å². The van der Waals surface area contributed by atoms with Gasteiger partial charge in [0.15, 0.2) is 5.78 Å². The van der Waals surface area contributed by atoms with Crippen LogP contribution in [0.15, 0.2) is 60.7 Å². The van der Waals surface area contributed by atoms with Crippen molar-refractivity contribution < 1.29 is 28.7 Å². The molecule has 0 saturated carbocycles. The Morgan fingerprint density at radius 2 is 1.50 bits per heavy atom. The highest BCUT2D eigenvalue weighted by atomic mass is 16.5. The van der Waals surface area contributed by atoms with Crippen LogP contribution in [0.4, 0.5) is 0 Å². The molecule has 0 spiro atoms. The number of carbonyl (C=O) groups is 4. The van der Waals surface area contributed by atoms with E-state index < -0.39 is 23.9 Å². The second kappa shape index (κ2) is 12.2. The summed E-state index contributed by atoms with van der Waals surface area (Å²) in [6.07, 6.45) is -0.0729. The lowest BCUT2D eigenvalue weighted by Gasteiger charge is -2.17. The second-order valence-corrected chi connectivity index (χ2v) is 6.62. The largest absolute Gasteiger partial charge is 0.469 e. The van der Waals surface area contributed by atoms with Gasteiger partial charge in [0.05, 0.1) is 13.5 Å². The quantitative estimate of drug-likeness (QED) is 0.451. The van der Waals surface area contributed by atoms with Crippen LogP contribution in [-0.4, -0.2) is 36.8 Å². The maximum Gasteiger partial charge on any atom is 0.328 e. The molecule has 2 aromatic carbocycles. The van der Waals surface area contributed by atoms with Gasteiger partial charge in [0.25, 0.3) is 0 Å². The number of carbonyl (C=O) groups excluding carboxylic acids is 4. The van der Waals surface area contributed by atoms with E-state index in [0.717, 1.165) is 5.56 Å². The lowest BCUT2D eigenvalue weighted by atomic mass is 10.0. The first-order chi connectivity index (χ1) is 14.5. The highest BCUT2D eigenvalue weighted by molar-refractivity contribution is 5.96. The Morgan fingerprint density at radius 3 is 2.13 bits per heavy atom. The Labute approximate surface area is 175 Å². The Morgan fingerprint density at radius 1 is 0.867 bits per heavy atom. The molecule has 1 atom stereocenters. The molecule has 0 bridgehead atoms. The highest BCUT2D eigenvalue weighted by Crippen LogP contribution is 2.10. The minimum absolute atomic E-state index is 0.0564. The maximum atomic E-state index is 12.6. The maximum absolute atomic E-state index is 12.6. The molecule has 0 radical (unpaired) electrons. The summed E-state index contributed by atoms with van der Waals surface area (Å²) in [6.45, 7) is 0.0564. The fourth-order valence-electron chi connectivity index (χ4n) is 2.71. The molecule has 0 aliphatic heterocycles. The van der Waals surface area contributed by atoms with Crippen LogP contribution in [0.25, 0.3) is 0 Å². The third kappa shape index (κ3) is 7.87. The van der Waals surface area contributed by atoms with Crippen molar-refractivity contribution >= 4 is 23.6 Å². The first-order valence-corrected chi connectivity index (χ1v) is 9.64. The number of methoxy groups -OCH3 is 1. The molecule has 1 amide bonds. The molecular formula is C23H25NO6. The molecular weight excluding hydrogens is 386 g/mol. The number of rotatable bonds is 11. The lowest BCUT2D eigenvalue weighted by molar-refractivity contribution is -0.149. The molecule has 0 aliphatic rings. The van der Waals surface area contributed by atoms with Gasteiger partial charge in [-0.05, 0) is 12.0 Å². The summed E-state index contributed by atoms with van der Waals surface area (Å²) in [5, 5.41) is 2.57. The van der Waals surface area contributed by atoms with E-state index in [1.54, 1.807) is 24.3 Å². The van der Waals surface area contributed by atoms with E-state index in [9.17, 15) is 19.2 Å². The van der Waals surface area contributed by atoms with Crippen LogP contribution < -0.4 is 5.32 Å². The predicted molar refractivity (Wildman–Crippen MR) is 109 cm³/mol. The van der Waals surface area contributed by atoms with Gasteiger partial charge < -0.3 is 14.8 Å². The summed E-state index contributed by atoms with van der Waals surface area (Å²) in [6, 6.07) is 16.9. The van der Waals surface area contributed by atoms with Crippen LogP contribution in [0.1, 0.15) is 41.6 Å². The first kappa shape index (κ1) is 22.8. The third-order valence-corrected chi connectivity index (χ3v) is 4.38. The van der Waals surface area contributed by atoms with Gasteiger partial charge in [0, 0.05) is 18.4 Å².